The second-order valence-electron chi connectivity index (χ2n) is 6.94. The summed E-state index contributed by atoms with van der Waals surface area (Å²) in [6.07, 6.45) is -1.32. The third-order valence-corrected chi connectivity index (χ3v) is 4.06. The summed E-state index contributed by atoms with van der Waals surface area (Å²) in [6, 6.07) is -5.82. The number of hydrogen-bond donors (Lipinski definition) is 9. The number of carbonyl (C=O) groups excluding carboxylic acids is 3. The van der Waals surface area contributed by atoms with Crippen LogP contribution in [0.3, 0.4) is 0 Å². The highest BCUT2D eigenvalue weighted by molar-refractivity contribution is 5.96. The number of aliphatic imine (C=N–C) groups is 1. The zero-order valence-corrected chi connectivity index (χ0v) is 17.8. The van der Waals surface area contributed by atoms with Crippen LogP contribution in [-0.4, -0.2) is 87.6 Å². The molecule has 0 aromatic rings. The molecule has 3 amide bonds. The first-order chi connectivity index (χ1) is 15.2. The fraction of sp³-hybridized carbons (Fsp3) is 0.588. The van der Waals surface area contributed by atoms with Crippen LogP contribution < -0.4 is 33.2 Å². The van der Waals surface area contributed by atoms with Gasteiger partial charge < -0.3 is 48.5 Å². The number of amides is 3. The lowest BCUT2D eigenvalue weighted by Gasteiger charge is -2.22. The summed E-state index contributed by atoms with van der Waals surface area (Å²) in [5.41, 5.74) is 16.1. The molecule has 0 heterocycles. The van der Waals surface area contributed by atoms with Crippen molar-refractivity contribution in [2.75, 3.05) is 6.54 Å². The van der Waals surface area contributed by atoms with E-state index in [1.54, 1.807) is 0 Å². The number of rotatable bonds is 15. The number of nitrogens with zero attached hydrogens (tertiary/aromatic N) is 1. The normalized spacial score (nSPS) is 14.0. The zero-order chi connectivity index (χ0) is 25.7. The lowest BCUT2D eigenvalue weighted by molar-refractivity contribution is -0.148. The van der Waals surface area contributed by atoms with E-state index in [2.05, 4.69) is 15.6 Å². The quantitative estimate of drug-likeness (QED) is 0.0620. The maximum Gasteiger partial charge on any atom is 0.326 e. The maximum atomic E-state index is 12.3. The zero-order valence-electron chi connectivity index (χ0n) is 17.8. The van der Waals surface area contributed by atoms with E-state index in [4.69, 9.17) is 32.5 Å². The molecule has 0 saturated carbocycles. The molecule has 12 N–H and O–H groups in total. The van der Waals surface area contributed by atoms with Gasteiger partial charge in [-0.3, -0.25) is 29.0 Å². The molecule has 186 valence electrons. The van der Waals surface area contributed by atoms with Gasteiger partial charge in [-0.1, -0.05) is 0 Å². The summed E-state index contributed by atoms with van der Waals surface area (Å²) in [5, 5.41) is 32.9. The fourth-order valence-electron chi connectivity index (χ4n) is 2.36. The van der Waals surface area contributed by atoms with Gasteiger partial charge in [-0.2, -0.15) is 0 Å². The smallest absolute Gasteiger partial charge is 0.326 e. The number of carboxylic acids is 3. The number of carbonyl (C=O) groups is 6. The van der Waals surface area contributed by atoms with E-state index in [-0.39, 0.29) is 18.9 Å². The van der Waals surface area contributed by atoms with E-state index in [0.717, 1.165) is 0 Å². The van der Waals surface area contributed by atoms with Crippen LogP contribution in [0.5, 0.6) is 0 Å². The molecular weight excluding hydrogens is 446 g/mol. The standard InChI is InChI=1S/C17H29N7O9/c1-7(22-14(30)8(18)3-2-4-21-17(19)20)13(29)23-9(5-11(25)26)15(31)24-10(16(32)33)6-12(27)28/h7-10H,2-6,18H2,1H3,(H,22,30)(H,23,29)(H,24,31)(H,25,26)(H,27,28)(H,32,33)(H4,19,20,21). The summed E-state index contributed by atoms with van der Waals surface area (Å²) in [7, 11) is 0. The van der Waals surface area contributed by atoms with E-state index in [1.807, 2.05) is 5.32 Å². The lowest BCUT2D eigenvalue weighted by Crippen LogP contribution is -2.57. The van der Waals surface area contributed by atoms with Crippen molar-refractivity contribution in [3.05, 3.63) is 0 Å². The summed E-state index contributed by atoms with van der Waals surface area (Å²) in [6.45, 7) is 1.49. The highest BCUT2D eigenvalue weighted by Crippen LogP contribution is 2.01. The topological polar surface area (TPSA) is 290 Å². The van der Waals surface area contributed by atoms with Crippen molar-refractivity contribution in [3.8, 4) is 0 Å². The van der Waals surface area contributed by atoms with Crippen LogP contribution >= 0.6 is 0 Å². The number of nitrogens with two attached hydrogens (primary N) is 3. The summed E-state index contributed by atoms with van der Waals surface area (Å²) in [4.78, 5) is 73.3. The molecule has 0 aliphatic heterocycles. The Morgan fingerprint density at radius 1 is 0.818 bits per heavy atom. The molecule has 33 heavy (non-hydrogen) atoms. The van der Waals surface area contributed by atoms with Crippen LogP contribution in [-0.2, 0) is 28.8 Å². The maximum absolute atomic E-state index is 12.3. The third kappa shape index (κ3) is 12.5. The van der Waals surface area contributed by atoms with Gasteiger partial charge >= 0.3 is 17.9 Å². The van der Waals surface area contributed by atoms with Crippen LogP contribution in [0.15, 0.2) is 4.99 Å². The summed E-state index contributed by atoms with van der Waals surface area (Å²) in [5.74, 6) is -7.69. The van der Waals surface area contributed by atoms with Gasteiger partial charge in [0.2, 0.25) is 17.7 Å². The van der Waals surface area contributed by atoms with Gasteiger partial charge in [0, 0.05) is 6.54 Å². The summed E-state index contributed by atoms with van der Waals surface area (Å²) >= 11 is 0. The molecule has 0 aromatic carbocycles. The van der Waals surface area contributed by atoms with Crippen molar-refractivity contribution in [1.29, 1.82) is 0 Å². The van der Waals surface area contributed by atoms with Gasteiger partial charge in [0.1, 0.15) is 18.1 Å². The lowest BCUT2D eigenvalue weighted by atomic mass is 10.1. The molecule has 0 aromatic heterocycles. The van der Waals surface area contributed by atoms with Crippen LogP contribution in [0.2, 0.25) is 0 Å². The number of hydrogen-bond acceptors (Lipinski definition) is 8. The average Bonchev–Trinajstić information content (AvgIpc) is 2.68. The first-order valence-corrected chi connectivity index (χ1v) is 9.63. The van der Waals surface area contributed by atoms with Crippen molar-refractivity contribution in [3.63, 3.8) is 0 Å². The van der Waals surface area contributed by atoms with Crippen LogP contribution in [0.25, 0.3) is 0 Å². The van der Waals surface area contributed by atoms with Gasteiger partial charge in [-0.15, -0.1) is 0 Å². The van der Waals surface area contributed by atoms with Crippen molar-refractivity contribution < 1.29 is 44.1 Å². The Kier molecular flexibility index (Phi) is 12.5. The minimum atomic E-state index is -1.85. The third-order valence-electron chi connectivity index (χ3n) is 4.06. The van der Waals surface area contributed by atoms with Gasteiger partial charge in [-0.25, -0.2) is 4.79 Å². The Labute approximate surface area is 187 Å². The van der Waals surface area contributed by atoms with Crippen LogP contribution in [0.4, 0.5) is 0 Å². The molecule has 0 saturated heterocycles. The molecule has 0 fully saturated rings. The Morgan fingerprint density at radius 2 is 1.33 bits per heavy atom. The number of nitrogens with one attached hydrogen (secondary N) is 3. The molecule has 0 bridgehead atoms. The molecule has 0 aliphatic carbocycles. The highest BCUT2D eigenvalue weighted by atomic mass is 16.4. The van der Waals surface area contributed by atoms with Crippen molar-refractivity contribution in [2.45, 2.75) is 56.8 Å². The number of carboxylic acid groups (broad SMARTS) is 3. The molecule has 0 spiro atoms. The van der Waals surface area contributed by atoms with Crippen molar-refractivity contribution >= 4 is 41.6 Å². The number of guanidine groups is 1. The Hall–Kier alpha value is -3.95. The van der Waals surface area contributed by atoms with Crippen molar-refractivity contribution in [1.82, 2.24) is 16.0 Å². The largest absolute Gasteiger partial charge is 0.481 e. The Balaban J connectivity index is 5.01. The van der Waals surface area contributed by atoms with Gasteiger partial charge in [0.05, 0.1) is 18.9 Å². The molecule has 0 radical (unpaired) electrons. The Morgan fingerprint density at radius 3 is 1.82 bits per heavy atom. The molecule has 4 unspecified atom stereocenters. The molecular formula is C17H29N7O9. The fourth-order valence-corrected chi connectivity index (χ4v) is 2.36. The minimum absolute atomic E-state index is 0.115. The minimum Gasteiger partial charge on any atom is -0.481 e. The molecule has 0 rings (SSSR count). The molecule has 4 atom stereocenters. The first kappa shape index (κ1) is 29.0. The molecule has 16 heteroatoms. The van der Waals surface area contributed by atoms with Gasteiger partial charge in [0.25, 0.3) is 0 Å². The van der Waals surface area contributed by atoms with Crippen LogP contribution in [0, 0.1) is 0 Å². The van der Waals surface area contributed by atoms with Crippen molar-refractivity contribution in [2.24, 2.45) is 22.2 Å². The van der Waals surface area contributed by atoms with E-state index >= 15 is 0 Å². The van der Waals surface area contributed by atoms with E-state index in [0.29, 0.717) is 6.42 Å². The predicted molar refractivity (Wildman–Crippen MR) is 111 cm³/mol. The Bertz CT molecular complexity index is 783. The van der Waals surface area contributed by atoms with E-state index in [1.165, 1.54) is 6.92 Å². The first-order valence-electron chi connectivity index (χ1n) is 9.63. The predicted octanol–water partition coefficient (Wildman–Crippen LogP) is -4.12. The summed E-state index contributed by atoms with van der Waals surface area (Å²) < 4.78 is 0. The monoisotopic (exact) mass is 475 g/mol. The van der Waals surface area contributed by atoms with Gasteiger partial charge in [-0.05, 0) is 19.8 Å². The van der Waals surface area contributed by atoms with Crippen LogP contribution in [0.1, 0.15) is 32.6 Å². The van der Waals surface area contributed by atoms with E-state index < -0.39 is 72.6 Å². The number of aliphatic carboxylic acids is 3. The highest BCUT2D eigenvalue weighted by Gasteiger charge is 2.31. The average molecular weight is 475 g/mol. The van der Waals surface area contributed by atoms with E-state index in [9.17, 15) is 28.8 Å². The SMILES string of the molecule is CC(NC(=O)C(N)CCCN=C(N)N)C(=O)NC(CC(=O)O)C(=O)NC(CC(=O)O)C(=O)O. The second kappa shape index (κ2) is 14.2. The molecule has 16 nitrogen and oxygen atoms in total. The molecule has 0 aliphatic rings. The van der Waals surface area contributed by atoms with Gasteiger partial charge in [0.15, 0.2) is 5.96 Å². The second-order valence-corrected chi connectivity index (χ2v) is 6.94.